The van der Waals surface area contributed by atoms with E-state index >= 15 is 0 Å². The Hall–Kier alpha value is -1.27. The van der Waals surface area contributed by atoms with Crippen LogP contribution in [0.25, 0.3) is 0 Å². The van der Waals surface area contributed by atoms with E-state index in [4.69, 9.17) is 9.69 Å². The van der Waals surface area contributed by atoms with Crippen molar-refractivity contribution in [3.63, 3.8) is 0 Å². The van der Waals surface area contributed by atoms with Crippen LogP contribution in [0.4, 0.5) is 0 Å². The lowest BCUT2D eigenvalue weighted by molar-refractivity contribution is 0.479. The van der Waals surface area contributed by atoms with Crippen molar-refractivity contribution in [2.24, 2.45) is 0 Å². The zero-order valence-electron chi connectivity index (χ0n) is 13.6. The summed E-state index contributed by atoms with van der Waals surface area (Å²) in [4.78, 5) is 0. The highest BCUT2D eigenvalue weighted by Crippen LogP contribution is 2.42. The van der Waals surface area contributed by atoms with Gasteiger partial charge in [0, 0.05) is 0 Å². The van der Waals surface area contributed by atoms with E-state index in [1.54, 1.807) is 0 Å². The zero-order valence-corrected chi connectivity index (χ0v) is 14.6. The molecule has 0 spiro atoms. The van der Waals surface area contributed by atoms with E-state index in [9.17, 15) is 0 Å². The summed E-state index contributed by atoms with van der Waals surface area (Å²) in [7, 11) is -1.87. The van der Waals surface area contributed by atoms with Gasteiger partial charge in [-0.25, -0.2) is 0 Å². The third-order valence-electron chi connectivity index (χ3n) is 4.21. The molecule has 0 N–H and O–H groups in total. The van der Waals surface area contributed by atoms with Crippen LogP contribution in [0, 0.1) is 11.3 Å². The van der Waals surface area contributed by atoms with Gasteiger partial charge in [0.25, 0.3) is 8.32 Å². The fourth-order valence-corrected chi connectivity index (χ4v) is 8.58. The molecular formula is C17H27NOSi. The van der Waals surface area contributed by atoms with Crippen LogP contribution in [0.15, 0.2) is 24.3 Å². The SMILES string of the molecule is CC(C)[Si](Oc1ccc(CC#N)cc1)(C(C)C)C(C)C. The van der Waals surface area contributed by atoms with Crippen LogP contribution >= 0.6 is 0 Å². The lowest BCUT2D eigenvalue weighted by Crippen LogP contribution is -2.50. The minimum atomic E-state index is -1.87. The smallest absolute Gasteiger partial charge is 0.258 e. The van der Waals surface area contributed by atoms with Crippen LogP contribution < -0.4 is 4.43 Å². The molecule has 0 aliphatic carbocycles. The van der Waals surface area contributed by atoms with Crippen molar-refractivity contribution in [2.75, 3.05) is 0 Å². The summed E-state index contributed by atoms with van der Waals surface area (Å²) in [5.74, 6) is 0.953. The second-order valence-electron chi connectivity index (χ2n) is 6.40. The molecule has 110 valence electrons. The number of rotatable bonds is 6. The highest BCUT2D eigenvalue weighted by molar-refractivity contribution is 6.78. The van der Waals surface area contributed by atoms with Crippen molar-refractivity contribution in [3.8, 4) is 11.8 Å². The van der Waals surface area contributed by atoms with E-state index in [-0.39, 0.29) is 0 Å². The monoisotopic (exact) mass is 289 g/mol. The Morgan fingerprint density at radius 1 is 0.950 bits per heavy atom. The molecule has 0 fully saturated rings. The fraction of sp³-hybridized carbons (Fsp3) is 0.588. The van der Waals surface area contributed by atoms with Gasteiger partial charge in [0.2, 0.25) is 0 Å². The zero-order chi connectivity index (χ0) is 15.3. The van der Waals surface area contributed by atoms with E-state index in [0.29, 0.717) is 23.0 Å². The molecule has 0 saturated heterocycles. The summed E-state index contributed by atoms with van der Waals surface area (Å²) >= 11 is 0. The Kier molecular flexibility index (Phi) is 5.83. The van der Waals surface area contributed by atoms with Gasteiger partial charge in [-0.15, -0.1) is 0 Å². The van der Waals surface area contributed by atoms with Gasteiger partial charge in [-0.05, 0) is 34.3 Å². The van der Waals surface area contributed by atoms with E-state index in [2.05, 4.69) is 47.6 Å². The Bertz CT molecular complexity index is 435. The number of benzene rings is 1. The average Bonchev–Trinajstić information content (AvgIpc) is 2.36. The molecule has 0 radical (unpaired) electrons. The van der Waals surface area contributed by atoms with Gasteiger partial charge in [0.05, 0.1) is 12.5 Å². The Morgan fingerprint density at radius 2 is 1.40 bits per heavy atom. The van der Waals surface area contributed by atoms with Gasteiger partial charge < -0.3 is 4.43 Å². The molecule has 0 aliphatic rings. The lowest BCUT2D eigenvalue weighted by atomic mass is 10.2. The lowest BCUT2D eigenvalue weighted by Gasteiger charge is -2.42. The highest BCUT2D eigenvalue weighted by atomic mass is 28.4. The summed E-state index contributed by atoms with van der Waals surface area (Å²) in [5.41, 5.74) is 2.76. The first kappa shape index (κ1) is 16.8. The average molecular weight is 289 g/mol. The van der Waals surface area contributed by atoms with Crippen LogP contribution in [-0.4, -0.2) is 8.32 Å². The van der Waals surface area contributed by atoms with Crippen molar-refractivity contribution in [2.45, 2.75) is 64.6 Å². The van der Waals surface area contributed by atoms with Gasteiger partial charge in [-0.1, -0.05) is 53.7 Å². The third kappa shape index (κ3) is 3.43. The number of nitrogens with zero attached hydrogens (tertiary/aromatic N) is 1. The van der Waals surface area contributed by atoms with Crippen molar-refractivity contribution < 1.29 is 4.43 Å². The van der Waals surface area contributed by atoms with Crippen molar-refractivity contribution >= 4 is 8.32 Å². The van der Waals surface area contributed by atoms with Crippen molar-refractivity contribution in [1.29, 1.82) is 5.26 Å². The van der Waals surface area contributed by atoms with E-state index in [1.165, 1.54) is 0 Å². The second-order valence-corrected chi connectivity index (χ2v) is 11.8. The van der Waals surface area contributed by atoms with E-state index < -0.39 is 8.32 Å². The maximum absolute atomic E-state index is 8.72. The molecule has 1 rings (SSSR count). The predicted molar refractivity (Wildman–Crippen MR) is 87.4 cm³/mol. The standard InChI is InChI=1S/C17H27NOSi/c1-13(2)20(14(3)4,15(5)6)19-17-9-7-16(8-10-17)11-12-18/h7-10,13-15H,11H2,1-6H3. The molecule has 0 aromatic heterocycles. The summed E-state index contributed by atoms with van der Waals surface area (Å²) in [6.45, 7) is 13.7. The maximum atomic E-state index is 8.72. The molecule has 0 aliphatic heterocycles. The minimum absolute atomic E-state index is 0.460. The molecule has 20 heavy (non-hydrogen) atoms. The molecule has 2 nitrogen and oxygen atoms in total. The Morgan fingerprint density at radius 3 is 1.75 bits per heavy atom. The maximum Gasteiger partial charge on any atom is 0.258 e. The number of hydrogen-bond acceptors (Lipinski definition) is 2. The van der Waals surface area contributed by atoms with E-state index in [0.717, 1.165) is 11.3 Å². The van der Waals surface area contributed by atoms with Gasteiger partial charge >= 0.3 is 0 Å². The molecule has 3 heteroatoms. The first-order valence-electron chi connectivity index (χ1n) is 7.49. The summed E-state index contributed by atoms with van der Waals surface area (Å²) in [6.07, 6.45) is 0.460. The molecular weight excluding hydrogens is 262 g/mol. The number of hydrogen-bond donors (Lipinski definition) is 0. The molecule has 0 bridgehead atoms. The third-order valence-corrected chi connectivity index (χ3v) is 10.2. The summed E-state index contributed by atoms with van der Waals surface area (Å²) in [6, 6.07) is 10.2. The summed E-state index contributed by atoms with van der Waals surface area (Å²) < 4.78 is 6.58. The molecule has 0 atom stereocenters. The predicted octanol–water partition coefficient (Wildman–Crippen LogP) is 5.31. The van der Waals surface area contributed by atoms with Crippen molar-refractivity contribution in [3.05, 3.63) is 29.8 Å². The first-order valence-corrected chi connectivity index (χ1v) is 9.63. The molecule has 1 aromatic rings. The minimum Gasteiger partial charge on any atom is -0.543 e. The molecule has 1 aromatic carbocycles. The van der Waals surface area contributed by atoms with Crippen LogP contribution in [0.2, 0.25) is 16.6 Å². The molecule has 0 heterocycles. The molecule has 0 amide bonds. The van der Waals surface area contributed by atoms with Gasteiger partial charge in [0.1, 0.15) is 5.75 Å². The van der Waals surface area contributed by atoms with E-state index in [1.807, 2.05) is 24.3 Å². The van der Waals surface area contributed by atoms with Gasteiger partial charge in [0.15, 0.2) is 0 Å². The normalized spacial score (nSPS) is 12.0. The molecule has 0 saturated carbocycles. The second kappa shape index (κ2) is 6.94. The Balaban J connectivity index is 3.04. The van der Waals surface area contributed by atoms with Crippen LogP contribution in [0.1, 0.15) is 47.1 Å². The van der Waals surface area contributed by atoms with Gasteiger partial charge in [-0.3, -0.25) is 0 Å². The largest absolute Gasteiger partial charge is 0.543 e. The van der Waals surface area contributed by atoms with Crippen LogP contribution in [0.3, 0.4) is 0 Å². The topological polar surface area (TPSA) is 33.0 Å². The summed E-state index contributed by atoms with van der Waals surface area (Å²) in [5, 5.41) is 8.72. The highest BCUT2D eigenvalue weighted by Gasteiger charge is 2.46. The number of nitriles is 1. The van der Waals surface area contributed by atoms with Gasteiger partial charge in [-0.2, -0.15) is 5.26 Å². The fourth-order valence-electron chi connectivity index (χ4n) is 3.32. The molecule has 0 unspecified atom stereocenters. The quantitative estimate of drug-likeness (QED) is 0.665. The van der Waals surface area contributed by atoms with Crippen LogP contribution in [-0.2, 0) is 6.42 Å². The van der Waals surface area contributed by atoms with Crippen LogP contribution in [0.5, 0.6) is 5.75 Å². The first-order chi connectivity index (χ1) is 9.34. The Labute approximate surface area is 124 Å². The van der Waals surface area contributed by atoms with Crippen molar-refractivity contribution in [1.82, 2.24) is 0 Å².